The van der Waals surface area contributed by atoms with Crippen LogP contribution in [0.25, 0.3) is 16.2 Å². The van der Waals surface area contributed by atoms with Gasteiger partial charge in [-0.2, -0.15) is 4.52 Å². The van der Waals surface area contributed by atoms with Crippen molar-refractivity contribution in [1.29, 1.82) is 0 Å². The molecule has 8 heteroatoms. The summed E-state index contributed by atoms with van der Waals surface area (Å²) in [5.74, 6) is 0.857. The first kappa shape index (κ1) is 20.1. The molecule has 0 atom stereocenters. The number of fused-ring (bicyclic) bond motifs is 1. The van der Waals surface area contributed by atoms with Crippen LogP contribution in [0.3, 0.4) is 0 Å². The quantitative estimate of drug-likeness (QED) is 0.633. The molecule has 3 rings (SSSR count). The second kappa shape index (κ2) is 8.18. The van der Waals surface area contributed by atoms with Crippen molar-refractivity contribution in [2.24, 2.45) is 0 Å². The summed E-state index contributed by atoms with van der Waals surface area (Å²) >= 11 is 1.47. The van der Waals surface area contributed by atoms with E-state index in [1.807, 2.05) is 53.7 Å². The van der Waals surface area contributed by atoms with E-state index in [4.69, 9.17) is 10.1 Å². The molecule has 2 heterocycles. The fraction of sp³-hybridized carbons (Fsp3) is 0.450. The van der Waals surface area contributed by atoms with Crippen LogP contribution in [0.4, 0.5) is 10.9 Å². The Morgan fingerprint density at radius 2 is 1.96 bits per heavy atom. The largest absolute Gasteiger partial charge is 0.364 e. The molecule has 1 aromatic carbocycles. The van der Waals surface area contributed by atoms with Gasteiger partial charge in [-0.05, 0) is 27.2 Å². The van der Waals surface area contributed by atoms with Crippen molar-refractivity contribution in [3.05, 3.63) is 30.3 Å². The van der Waals surface area contributed by atoms with Crippen molar-refractivity contribution < 1.29 is 4.79 Å². The predicted molar refractivity (Wildman–Crippen MR) is 116 cm³/mol. The van der Waals surface area contributed by atoms with Crippen molar-refractivity contribution in [3.63, 3.8) is 0 Å². The topological polar surface area (TPSA) is 74.6 Å². The number of hydrogen-bond donors (Lipinski definition) is 2. The van der Waals surface area contributed by atoms with E-state index in [0.29, 0.717) is 6.54 Å². The molecule has 28 heavy (non-hydrogen) atoms. The van der Waals surface area contributed by atoms with E-state index in [-0.39, 0.29) is 18.0 Å². The van der Waals surface area contributed by atoms with Crippen LogP contribution in [-0.4, -0.2) is 46.2 Å². The Labute approximate surface area is 169 Å². The molecule has 0 radical (unpaired) electrons. The zero-order valence-corrected chi connectivity index (χ0v) is 17.9. The Kier molecular flexibility index (Phi) is 5.88. The van der Waals surface area contributed by atoms with Crippen LogP contribution in [0.2, 0.25) is 0 Å². The van der Waals surface area contributed by atoms with Gasteiger partial charge in [0, 0.05) is 24.7 Å². The minimum absolute atomic E-state index is 0.00444. The molecule has 0 aliphatic heterocycles. The van der Waals surface area contributed by atoms with Gasteiger partial charge in [-0.15, -0.1) is 5.10 Å². The molecule has 0 saturated carbocycles. The van der Waals surface area contributed by atoms with Gasteiger partial charge in [0.1, 0.15) is 5.69 Å². The zero-order chi connectivity index (χ0) is 20.3. The van der Waals surface area contributed by atoms with Crippen LogP contribution < -0.4 is 15.5 Å². The number of carbonyl (C=O) groups excluding carboxylic acids is 1. The van der Waals surface area contributed by atoms with Gasteiger partial charge in [0.05, 0.1) is 6.54 Å². The highest BCUT2D eigenvalue weighted by Gasteiger charge is 2.23. The fourth-order valence-corrected chi connectivity index (χ4v) is 3.62. The van der Waals surface area contributed by atoms with Crippen molar-refractivity contribution >= 4 is 33.2 Å². The molecule has 0 spiro atoms. The first-order valence-electron chi connectivity index (χ1n) is 9.49. The molecular formula is C20H28N6OS. The van der Waals surface area contributed by atoms with Gasteiger partial charge >= 0.3 is 0 Å². The Morgan fingerprint density at radius 3 is 2.61 bits per heavy atom. The number of nitrogens with one attached hydrogen (secondary N) is 2. The van der Waals surface area contributed by atoms with Gasteiger partial charge in [-0.1, -0.05) is 48.6 Å². The van der Waals surface area contributed by atoms with Crippen LogP contribution in [0.15, 0.2) is 30.3 Å². The van der Waals surface area contributed by atoms with Crippen molar-refractivity contribution in [2.75, 3.05) is 30.4 Å². The predicted octanol–water partition coefficient (Wildman–Crippen LogP) is 3.63. The Morgan fingerprint density at radius 1 is 1.25 bits per heavy atom. The van der Waals surface area contributed by atoms with Gasteiger partial charge in [-0.25, -0.2) is 4.98 Å². The third-order valence-corrected chi connectivity index (χ3v) is 5.04. The number of aromatic nitrogens is 3. The summed E-state index contributed by atoms with van der Waals surface area (Å²) in [5, 5.41) is 11.9. The number of imidazole rings is 1. The Hall–Kier alpha value is -2.61. The SMILES string of the molecule is CCCNC(=O)CN(C)c1nn2c(NC(C)(C)C)c(-c3ccccc3)nc2s1. The van der Waals surface area contributed by atoms with E-state index in [1.165, 1.54) is 11.3 Å². The van der Waals surface area contributed by atoms with Crippen LogP contribution in [-0.2, 0) is 4.79 Å². The highest BCUT2D eigenvalue weighted by molar-refractivity contribution is 7.20. The molecule has 0 aliphatic carbocycles. The molecule has 1 amide bonds. The van der Waals surface area contributed by atoms with Gasteiger partial charge in [0.2, 0.25) is 16.0 Å². The molecule has 0 aliphatic rings. The third kappa shape index (κ3) is 4.62. The lowest BCUT2D eigenvalue weighted by atomic mass is 10.1. The zero-order valence-electron chi connectivity index (χ0n) is 17.1. The number of nitrogens with zero attached hydrogens (tertiary/aromatic N) is 4. The summed E-state index contributed by atoms with van der Waals surface area (Å²) in [4.78, 5) is 19.5. The number of likely N-dealkylation sites (N-methyl/N-ethyl adjacent to an activating group) is 1. The minimum Gasteiger partial charge on any atom is -0.364 e. The van der Waals surface area contributed by atoms with Gasteiger partial charge in [0.15, 0.2) is 5.82 Å². The molecule has 0 saturated heterocycles. The van der Waals surface area contributed by atoms with Gasteiger partial charge in [-0.3, -0.25) is 4.79 Å². The lowest BCUT2D eigenvalue weighted by Gasteiger charge is -2.22. The number of hydrogen-bond acceptors (Lipinski definition) is 6. The second-order valence-electron chi connectivity index (χ2n) is 7.84. The summed E-state index contributed by atoms with van der Waals surface area (Å²) in [7, 11) is 1.87. The summed E-state index contributed by atoms with van der Waals surface area (Å²) in [6.07, 6.45) is 0.921. The fourth-order valence-electron chi connectivity index (χ4n) is 2.76. The number of rotatable bonds is 7. The van der Waals surface area contributed by atoms with Crippen LogP contribution in [0, 0.1) is 0 Å². The number of amides is 1. The van der Waals surface area contributed by atoms with E-state index in [2.05, 4.69) is 31.4 Å². The Bertz CT molecular complexity index is 941. The smallest absolute Gasteiger partial charge is 0.239 e. The van der Waals surface area contributed by atoms with Crippen LogP contribution in [0.5, 0.6) is 0 Å². The molecule has 2 N–H and O–H groups in total. The molecule has 7 nitrogen and oxygen atoms in total. The van der Waals surface area contributed by atoms with Crippen molar-refractivity contribution in [2.45, 2.75) is 39.7 Å². The molecule has 150 valence electrons. The number of anilines is 2. The van der Waals surface area contributed by atoms with E-state index < -0.39 is 0 Å². The van der Waals surface area contributed by atoms with E-state index >= 15 is 0 Å². The summed E-state index contributed by atoms with van der Waals surface area (Å²) in [6.45, 7) is 9.32. The molecule has 0 unspecified atom stereocenters. The number of carbonyl (C=O) groups is 1. The highest BCUT2D eigenvalue weighted by Crippen LogP contribution is 2.34. The van der Waals surface area contributed by atoms with E-state index in [1.54, 1.807) is 0 Å². The lowest BCUT2D eigenvalue weighted by Crippen LogP contribution is -2.35. The third-order valence-electron chi connectivity index (χ3n) is 4.01. The average Bonchev–Trinajstić information content (AvgIpc) is 3.19. The van der Waals surface area contributed by atoms with Crippen LogP contribution >= 0.6 is 11.3 Å². The molecule has 0 fully saturated rings. The minimum atomic E-state index is -0.144. The van der Waals surface area contributed by atoms with Gasteiger partial charge < -0.3 is 15.5 Å². The normalized spacial score (nSPS) is 11.6. The number of benzene rings is 1. The van der Waals surface area contributed by atoms with E-state index in [9.17, 15) is 4.79 Å². The van der Waals surface area contributed by atoms with E-state index in [0.717, 1.165) is 33.6 Å². The molecular weight excluding hydrogens is 372 g/mol. The Balaban J connectivity index is 1.94. The maximum atomic E-state index is 12.0. The average molecular weight is 401 g/mol. The van der Waals surface area contributed by atoms with Gasteiger partial charge in [0.25, 0.3) is 0 Å². The van der Waals surface area contributed by atoms with Crippen molar-refractivity contribution in [1.82, 2.24) is 19.9 Å². The van der Waals surface area contributed by atoms with Crippen LogP contribution in [0.1, 0.15) is 34.1 Å². The maximum absolute atomic E-state index is 12.0. The standard InChI is InChI=1S/C20H28N6OS/c1-6-12-21-15(27)13-25(5)19-24-26-17(23-20(2,3)4)16(22-18(26)28-19)14-10-8-7-9-11-14/h7-11,23H,6,12-13H2,1-5H3,(H,21,27). The molecule has 0 bridgehead atoms. The first-order chi connectivity index (χ1) is 13.3. The molecule has 2 aromatic heterocycles. The molecule has 3 aromatic rings. The highest BCUT2D eigenvalue weighted by atomic mass is 32.1. The summed E-state index contributed by atoms with van der Waals surface area (Å²) in [6, 6.07) is 10.1. The van der Waals surface area contributed by atoms with Crippen molar-refractivity contribution in [3.8, 4) is 11.3 Å². The second-order valence-corrected chi connectivity index (χ2v) is 8.77. The summed E-state index contributed by atoms with van der Waals surface area (Å²) in [5.41, 5.74) is 1.78. The summed E-state index contributed by atoms with van der Waals surface area (Å²) < 4.78 is 1.84. The first-order valence-corrected chi connectivity index (χ1v) is 10.3. The monoisotopic (exact) mass is 400 g/mol. The lowest BCUT2D eigenvalue weighted by molar-refractivity contribution is -0.119. The maximum Gasteiger partial charge on any atom is 0.239 e.